The third kappa shape index (κ3) is 4.43. The van der Waals surface area contributed by atoms with Crippen molar-refractivity contribution in [2.24, 2.45) is 0 Å². The van der Waals surface area contributed by atoms with Gasteiger partial charge in [-0.25, -0.2) is 4.79 Å². The SMILES string of the molecule is Cc1nc(=O)[nH]c(C)c1CC(=O)NCCc1ccc(Cl)cc1. The number of carbonyl (C=O) groups excluding carboxylic acids is 1. The van der Waals surface area contributed by atoms with Gasteiger partial charge in [0.1, 0.15) is 0 Å². The fourth-order valence-corrected chi connectivity index (χ4v) is 2.36. The largest absolute Gasteiger partial charge is 0.355 e. The molecule has 0 bridgehead atoms. The Morgan fingerprint density at radius 3 is 2.59 bits per heavy atom. The molecule has 1 amide bonds. The first-order valence-electron chi connectivity index (χ1n) is 7.03. The van der Waals surface area contributed by atoms with Crippen molar-refractivity contribution < 1.29 is 4.79 Å². The van der Waals surface area contributed by atoms with E-state index < -0.39 is 0 Å². The first-order valence-corrected chi connectivity index (χ1v) is 7.41. The van der Waals surface area contributed by atoms with Gasteiger partial charge in [-0.2, -0.15) is 4.98 Å². The van der Waals surface area contributed by atoms with Crippen LogP contribution < -0.4 is 11.0 Å². The van der Waals surface area contributed by atoms with Crippen LogP contribution in [0.3, 0.4) is 0 Å². The molecule has 0 saturated carbocycles. The summed E-state index contributed by atoms with van der Waals surface area (Å²) in [7, 11) is 0. The summed E-state index contributed by atoms with van der Waals surface area (Å²) in [6.45, 7) is 4.06. The summed E-state index contributed by atoms with van der Waals surface area (Å²) in [5.41, 5.74) is 2.77. The predicted octanol–water partition coefficient (Wildman–Crippen LogP) is 1.94. The quantitative estimate of drug-likeness (QED) is 0.884. The number of rotatable bonds is 5. The van der Waals surface area contributed by atoms with Crippen LogP contribution in [0.4, 0.5) is 0 Å². The standard InChI is InChI=1S/C16H18ClN3O2/c1-10-14(11(2)20-16(22)19-10)9-15(21)18-8-7-12-3-5-13(17)6-4-12/h3-6H,7-9H2,1-2H3,(H,18,21)(H,19,20,22). The number of aromatic amines is 1. The average molecular weight is 320 g/mol. The third-order valence-corrected chi connectivity index (χ3v) is 3.69. The molecule has 1 aromatic heterocycles. The molecule has 0 atom stereocenters. The van der Waals surface area contributed by atoms with Crippen molar-refractivity contribution in [3.8, 4) is 0 Å². The van der Waals surface area contributed by atoms with Gasteiger partial charge in [0.25, 0.3) is 0 Å². The minimum atomic E-state index is -0.387. The predicted molar refractivity (Wildman–Crippen MR) is 86.2 cm³/mol. The van der Waals surface area contributed by atoms with Crippen LogP contribution in [0.15, 0.2) is 29.1 Å². The van der Waals surface area contributed by atoms with Crippen molar-refractivity contribution in [3.63, 3.8) is 0 Å². The zero-order valence-electron chi connectivity index (χ0n) is 12.6. The van der Waals surface area contributed by atoms with Gasteiger partial charge in [0.15, 0.2) is 0 Å². The van der Waals surface area contributed by atoms with Crippen molar-refractivity contribution in [1.29, 1.82) is 0 Å². The van der Waals surface area contributed by atoms with Gasteiger partial charge in [0.05, 0.1) is 6.42 Å². The number of aryl methyl sites for hydroxylation is 2. The first kappa shape index (κ1) is 16.2. The van der Waals surface area contributed by atoms with E-state index >= 15 is 0 Å². The minimum Gasteiger partial charge on any atom is -0.355 e. The third-order valence-electron chi connectivity index (χ3n) is 3.44. The molecular formula is C16H18ClN3O2. The molecule has 1 heterocycles. The smallest absolute Gasteiger partial charge is 0.345 e. The summed E-state index contributed by atoms with van der Waals surface area (Å²) in [4.78, 5) is 29.7. The Hall–Kier alpha value is -2.14. The van der Waals surface area contributed by atoms with Crippen LogP contribution in [0.25, 0.3) is 0 Å². The summed E-state index contributed by atoms with van der Waals surface area (Å²) < 4.78 is 0. The second kappa shape index (κ2) is 7.22. The second-order valence-electron chi connectivity index (χ2n) is 5.13. The maximum absolute atomic E-state index is 12.0. The van der Waals surface area contributed by atoms with E-state index in [1.807, 2.05) is 24.3 Å². The Morgan fingerprint density at radius 1 is 1.27 bits per heavy atom. The highest BCUT2D eigenvalue weighted by molar-refractivity contribution is 6.30. The Morgan fingerprint density at radius 2 is 1.95 bits per heavy atom. The van der Waals surface area contributed by atoms with Crippen LogP contribution >= 0.6 is 11.6 Å². The van der Waals surface area contributed by atoms with E-state index in [2.05, 4.69) is 15.3 Å². The Balaban J connectivity index is 1.88. The molecule has 5 nitrogen and oxygen atoms in total. The lowest BCUT2D eigenvalue weighted by Crippen LogP contribution is -2.28. The molecule has 0 radical (unpaired) electrons. The molecular weight excluding hydrogens is 302 g/mol. The molecule has 0 unspecified atom stereocenters. The van der Waals surface area contributed by atoms with Crippen molar-refractivity contribution in [3.05, 3.63) is 62.3 Å². The molecule has 22 heavy (non-hydrogen) atoms. The Bertz CT molecular complexity index is 697. The molecule has 0 spiro atoms. The van der Waals surface area contributed by atoms with E-state index in [4.69, 9.17) is 11.6 Å². The van der Waals surface area contributed by atoms with Crippen LogP contribution in [-0.4, -0.2) is 22.4 Å². The number of amides is 1. The van der Waals surface area contributed by atoms with Gasteiger partial charge in [-0.05, 0) is 38.0 Å². The molecule has 2 aromatic rings. The normalized spacial score (nSPS) is 10.5. The maximum atomic E-state index is 12.0. The first-order chi connectivity index (χ1) is 10.5. The van der Waals surface area contributed by atoms with Gasteiger partial charge in [-0.15, -0.1) is 0 Å². The molecule has 2 N–H and O–H groups in total. The van der Waals surface area contributed by atoms with Crippen LogP contribution in [-0.2, 0) is 17.6 Å². The average Bonchev–Trinajstić information content (AvgIpc) is 2.45. The summed E-state index contributed by atoms with van der Waals surface area (Å²) in [5.74, 6) is -0.0889. The number of aromatic nitrogens is 2. The monoisotopic (exact) mass is 319 g/mol. The van der Waals surface area contributed by atoms with Crippen LogP contribution in [0.2, 0.25) is 5.02 Å². The number of hydrogen-bond acceptors (Lipinski definition) is 3. The number of carbonyl (C=O) groups is 1. The van der Waals surface area contributed by atoms with E-state index in [1.165, 1.54) is 0 Å². The topological polar surface area (TPSA) is 74.8 Å². The Kier molecular flexibility index (Phi) is 5.33. The van der Waals surface area contributed by atoms with Crippen molar-refractivity contribution >= 4 is 17.5 Å². The van der Waals surface area contributed by atoms with Crippen molar-refractivity contribution in [2.75, 3.05) is 6.54 Å². The number of benzene rings is 1. The minimum absolute atomic E-state index is 0.0889. The lowest BCUT2D eigenvalue weighted by atomic mass is 10.1. The van der Waals surface area contributed by atoms with Gasteiger partial charge in [-0.1, -0.05) is 23.7 Å². The molecule has 6 heteroatoms. The molecule has 0 fully saturated rings. The summed E-state index contributed by atoms with van der Waals surface area (Å²) >= 11 is 5.83. The van der Waals surface area contributed by atoms with Crippen LogP contribution in [0, 0.1) is 13.8 Å². The molecule has 0 saturated heterocycles. The zero-order valence-corrected chi connectivity index (χ0v) is 13.3. The van der Waals surface area contributed by atoms with E-state index in [1.54, 1.807) is 13.8 Å². The zero-order chi connectivity index (χ0) is 16.1. The lowest BCUT2D eigenvalue weighted by molar-refractivity contribution is -0.120. The molecule has 2 rings (SSSR count). The number of nitrogens with zero attached hydrogens (tertiary/aromatic N) is 1. The van der Waals surface area contributed by atoms with Gasteiger partial charge >= 0.3 is 5.69 Å². The van der Waals surface area contributed by atoms with Crippen LogP contribution in [0.1, 0.15) is 22.5 Å². The fraction of sp³-hybridized carbons (Fsp3) is 0.312. The molecule has 116 valence electrons. The molecule has 1 aromatic carbocycles. The number of H-pyrrole nitrogens is 1. The molecule has 0 aliphatic carbocycles. The van der Waals surface area contributed by atoms with Gasteiger partial charge in [0.2, 0.25) is 5.91 Å². The van der Waals surface area contributed by atoms with E-state index in [0.717, 1.165) is 17.5 Å². The highest BCUT2D eigenvalue weighted by atomic mass is 35.5. The van der Waals surface area contributed by atoms with E-state index in [9.17, 15) is 9.59 Å². The fourth-order valence-electron chi connectivity index (χ4n) is 2.24. The number of hydrogen-bond donors (Lipinski definition) is 2. The van der Waals surface area contributed by atoms with E-state index in [-0.39, 0.29) is 18.0 Å². The van der Waals surface area contributed by atoms with E-state index in [0.29, 0.717) is 23.0 Å². The van der Waals surface area contributed by atoms with Crippen molar-refractivity contribution in [2.45, 2.75) is 26.7 Å². The summed E-state index contributed by atoms with van der Waals surface area (Å²) in [6.07, 6.45) is 0.951. The molecule has 0 aliphatic rings. The number of nitrogens with one attached hydrogen (secondary N) is 2. The molecule has 0 aliphatic heterocycles. The highest BCUT2D eigenvalue weighted by Crippen LogP contribution is 2.10. The van der Waals surface area contributed by atoms with Gasteiger partial charge in [0, 0.05) is 28.5 Å². The van der Waals surface area contributed by atoms with Crippen molar-refractivity contribution in [1.82, 2.24) is 15.3 Å². The number of halogens is 1. The summed E-state index contributed by atoms with van der Waals surface area (Å²) in [6, 6.07) is 7.54. The Labute approximate surface area is 133 Å². The van der Waals surface area contributed by atoms with Crippen LogP contribution in [0.5, 0.6) is 0 Å². The summed E-state index contributed by atoms with van der Waals surface area (Å²) in [5, 5.41) is 3.57. The second-order valence-corrected chi connectivity index (χ2v) is 5.57. The van der Waals surface area contributed by atoms with Gasteiger partial charge < -0.3 is 10.3 Å². The van der Waals surface area contributed by atoms with Gasteiger partial charge in [-0.3, -0.25) is 4.79 Å². The maximum Gasteiger partial charge on any atom is 0.345 e. The highest BCUT2D eigenvalue weighted by Gasteiger charge is 2.10. The lowest BCUT2D eigenvalue weighted by Gasteiger charge is -2.09.